The zero-order valence-electron chi connectivity index (χ0n) is 6.80. The molecule has 2 aliphatic rings. The van der Waals surface area contributed by atoms with Gasteiger partial charge in [0, 0.05) is 19.5 Å². The molecule has 0 radical (unpaired) electrons. The molecule has 0 atom stereocenters. The van der Waals surface area contributed by atoms with Crippen molar-refractivity contribution in [3.63, 3.8) is 0 Å². The first-order valence-electron chi connectivity index (χ1n) is 4.03. The van der Waals surface area contributed by atoms with Crippen LogP contribution in [0.3, 0.4) is 0 Å². The first kappa shape index (κ1) is 7.25. The maximum Gasteiger partial charge on any atom is 0.146 e. The van der Waals surface area contributed by atoms with Crippen LogP contribution in [0.1, 0.15) is 6.42 Å². The van der Waals surface area contributed by atoms with E-state index in [1.807, 2.05) is 0 Å². The lowest BCUT2D eigenvalue weighted by Gasteiger charge is -2.45. The Bertz CT molecular complexity index is 187. The van der Waals surface area contributed by atoms with Gasteiger partial charge in [0.05, 0.1) is 18.6 Å². The Hall–Kier alpha value is -0.410. The number of nitrogens with zero attached hydrogens (tertiary/aromatic N) is 1. The number of carbonyl (C=O) groups excluding carboxylic acids is 1. The van der Waals surface area contributed by atoms with Crippen LogP contribution in [-0.4, -0.2) is 44.0 Å². The molecule has 0 unspecified atom stereocenters. The lowest BCUT2D eigenvalue weighted by atomic mass is 9.77. The predicted molar refractivity (Wildman–Crippen MR) is 40.4 cm³/mol. The van der Waals surface area contributed by atoms with Gasteiger partial charge < -0.3 is 9.64 Å². The third-order valence-electron chi connectivity index (χ3n) is 2.64. The van der Waals surface area contributed by atoms with E-state index >= 15 is 0 Å². The summed E-state index contributed by atoms with van der Waals surface area (Å²) in [6.07, 6.45) is 0.708. The zero-order chi connectivity index (χ0) is 7.90. The van der Waals surface area contributed by atoms with Gasteiger partial charge in [0.2, 0.25) is 0 Å². The summed E-state index contributed by atoms with van der Waals surface area (Å²) in [4.78, 5) is 13.6. The fraction of sp³-hybridized carbons (Fsp3) is 0.875. The van der Waals surface area contributed by atoms with Gasteiger partial charge in [0.15, 0.2) is 0 Å². The minimum absolute atomic E-state index is 0.104. The van der Waals surface area contributed by atoms with Crippen molar-refractivity contribution in [1.29, 1.82) is 0 Å². The van der Waals surface area contributed by atoms with Crippen molar-refractivity contribution in [3.8, 4) is 0 Å². The lowest BCUT2D eigenvalue weighted by Crippen LogP contribution is -2.58. The Labute approximate surface area is 66.3 Å². The molecule has 2 aliphatic heterocycles. The standard InChI is InChI=1S/C8H13NO2/c1-9-3-2-7(10)8(4-9)5-11-6-8/h2-6H2,1H3. The molecule has 0 aromatic carbocycles. The fourth-order valence-corrected chi connectivity index (χ4v) is 1.84. The number of likely N-dealkylation sites (tertiary alicyclic amines) is 1. The van der Waals surface area contributed by atoms with Gasteiger partial charge in [0.25, 0.3) is 0 Å². The second-order valence-corrected chi connectivity index (χ2v) is 3.68. The normalized spacial score (nSPS) is 30.5. The summed E-state index contributed by atoms with van der Waals surface area (Å²) in [5.41, 5.74) is -0.104. The molecule has 1 spiro atoms. The van der Waals surface area contributed by atoms with Crippen LogP contribution in [0.2, 0.25) is 0 Å². The summed E-state index contributed by atoms with van der Waals surface area (Å²) < 4.78 is 5.09. The van der Waals surface area contributed by atoms with Crippen molar-refractivity contribution < 1.29 is 9.53 Å². The monoisotopic (exact) mass is 155 g/mol. The average molecular weight is 155 g/mol. The second-order valence-electron chi connectivity index (χ2n) is 3.68. The molecular weight excluding hydrogens is 142 g/mol. The summed E-state index contributed by atoms with van der Waals surface area (Å²) in [6, 6.07) is 0. The van der Waals surface area contributed by atoms with Crippen LogP contribution in [0, 0.1) is 5.41 Å². The molecular formula is C8H13NO2. The van der Waals surface area contributed by atoms with Crippen LogP contribution in [0.25, 0.3) is 0 Å². The Morgan fingerprint density at radius 3 is 2.73 bits per heavy atom. The Morgan fingerprint density at radius 1 is 1.55 bits per heavy atom. The number of Topliss-reactive ketones (excluding diaryl/α,β-unsaturated/α-hetero) is 1. The van der Waals surface area contributed by atoms with Gasteiger partial charge in [-0.05, 0) is 7.05 Å². The fourth-order valence-electron chi connectivity index (χ4n) is 1.84. The quantitative estimate of drug-likeness (QED) is 0.489. The molecule has 2 rings (SSSR count). The molecule has 3 nitrogen and oxygen atoms in total. The largest absolute Gasteiger partial charge is 0.379 e. The van der Waals surface area contributed by atoms with Gasteiger partial charge in [-0.15, -0.1) is 0 Å². The van der Waals surface area contributed by atoms with E-state index in [0.29, 0.717) is 25.4 Å². The van der Waals surface area contributed by atoms with Crippen molar-refractivity contribution in [3.05, 3.63) is 0 Å². The van der Waals surface area contributed by atoms with Gasteiger partial charge in [-0.1, -0.05) is 0 Å². The van der Waals surface area contributed by atoms with E-state index < -0.39 is 0 Å². The molecule has 0 N–H and O–H groups in total. The predicted octanol–water partition coefficient (Wildman–Crippen LogP) is -0.0924. The van der Waals surface area contributed by atoms with E-state index in [1.165, 1.54) is 0 Å². The van der Waals surface area contributed by atoms with Crippen LogP contribution in [0.4, 0.5) is 0 Å². The Balaban J connectivity index is 2.10. The highest BCUT2D eigenvalue weighted by atomic mass is 16.5. The first-order chi connectivity index (χ1) is 5.23. The molecule has 0 aromatic heterocycles. The first-order valence-corrected chi connectivity index (χ1v) is 4.03. The van der Waals surface area contributed by atoms with E-state index in [2.05, 4.69) is 11.9 Å². The number of ether oxygens (including phenoxy) is 1. The summed E-state index contributed by atoms with van der Waals surface area (Å²) in [5.74, 6) is 0.404. The maximum absolute atomic E-state index is 11.4. The summed E-state index contributed by atoms with van der Waals surface area (Å²) >= 11 is 0. The van der Waals surface area contributed by atoms with E-state index in [4.69, 9.17) is 4.74 Å². The van der Waals surface area contributed by atoms with Crippen molar-refractivity contribution in [1.82, 2.24) is 4.90 Å². The molecule has 11 heavy (non-hydrogen) atoms. The van der Waals surface area contributed by atoms with Gasteiger partial charge in [-0.3, -0.25) is 4.79 Å². The summed E-state index contributed by atoms with van der Waals surface area (Å²) in [7, 11) is 2.06. The summed E-state index contributed by atoms with van der Waals surface area (Å²) in [6.45, 7) is 3.11. The van der Waals surface area contributed by atoms with Crippen LogP contribution in [-0.2, 0) is 9.53 Å². The Kier molecular flexibility index (Phi) is 1.51. The molecule has 3 heteroatoms. The van der Waals surface area contributed by atoms with Crippen LogP contribution < -0.4 is 0 Å². The molecule has 2 fully saturated rings. The van der Waals surface area contributed by atoms with E-state index in [9.17, 15) is 4.79 Å². The third-order valence-corrected chi connectivity index (χ3v) is 2.64. The molecule has 0 amide bonds. The number of piperidine rings is 1. The minimum atomic E-state index is -0.104. The molecule has 0 aliphatic carbocycles. The highest BCUT2D eigenvalue weighted by Crippen LogP contribution is 2.33. The SMILES string of the molecule is CN1CCC(=O)C2(COC2)C1. The molecule has 0 saturated carbocycles. The molecule has 0 aromatic rings. The van der Waals surface area contributed by atoms with Crippen molar-refractivity contribution in [2.75, 3.05) is 33.4 Å². The second kappa shape index (κ2) is 2.29. The number of ketones is 1. The van der Waals surface area contributed by atoms with Crippen LogP contribution in [0.15, 0.2) is 0 Å². The van der Waals surface area contributed by atoms with Crippen molar-refractivity contribution in [2.45, 2.75) is 6.42 Å². The van der Waals surface area contributed by atoms with Crippen molar-refractivity contribution >= 4 is 5.78 Å². The number of hydrogen-bond acceptors (Lipinski definition) is 3. The smallest absolute Gasteiger partial charge is 0.146 e. The average Bonchev–Trinajstić information content (AvgIpc) is 1.91. The van der Waals surface area contributed by atoms with E-state index in [0.717, 1.165) is 13.1 Å². The topological polar surface area (TPSA) is 29.5 Å². The summed E-state index contributed by atoms with van der Waals surface area (Å²) in [5, 5.41) is 0. The molecule has 2 saturated heterocycles. The minimum Gasteiger partial charge on any atom is -0.379 e. The highest BCUT2D eigenvalue weighted by Gasteiger charge is 2.47. The number of rotatable bonds is 0. The van der Waals surface area contributed by atoms with Gasteiger partial charge in [-0.2, -0.15) is 0 Å². The molecule has 2 heterocycles. The molecule has 0 bridgehead atoms. The zero-order valence-corrected chi connectivity index (χ0v) is 6.80. The van der Waals surface area contributed by atoms with Crippen molar-refractivity contribution in [2.24, 2.45) is 5.41 Å². The number of hydrogen-bond donors (Lipinski definition) is 0. The lowest BCUT2D eigenvalue weighted by molar-refractivity contribution is -0.168. The van der Waals surface area contributed by atoms with Crippen LogP contribution >= 0.6 is 0 Å². The number of carbonyl (C=O) groups is 1. The highest BCUT2D eigenvalue weighted by molar-refractivity contribution is 5.87. The van der Waals surface area contributed by atoms with E-state index in [-0.39, 0.29) is 5.41 Å². The Morgan fingerprint density at radius 2 is 2.27 bits per heavy atom. The molecule has 62 valence electrons. The van der Waals surface area contributed by atoms with Gasteiger partial charge in [-0.25, -0.2) is 0 Å². The van der Waals surface area contributed by atoms with Gasteiger partial charge >= 0.3 is 0 Å². The van der Waals surface area contributed by atoms with Gasteiger partial charge in [0.1, 0.15) is 5.78 Å². The third kappa shape index (κ3) is 0.993. The van der Waals surface area contributed by atoms with Crippen LogP contribution in [0.5, 0.6) is 0 Å². The van der Waals surface area contributed by atoms with E-state index in [1.54, 1.807) is 0 Å². The maximum atomic E-state index is 11.4.